The maximum absolute atomic E-state index is 11.7. The van der Waals surface area contributed by atoms with Gasteiger partial charge in [-0.25, -0.2) is 4.79 Å². The van der Waals surface area contributed by atoms with Crippen molar-refractivity contribution in [3.8, 4) is 0 Å². The molecule has 2 aromatic carbocycles. The highest BCUT2D eigenvalue weighted by molar-refractivity contribution is 5.73. The Labute approximate surface area is 132 Å². The quantitative estimate of drug-likeness (QED) is 0.861. The van der Waals surface area contributed by atoms with E-state index < -0.39 is 0 Å². The summed E-state index contributed by atoms with van der Waals surface area (Å²) in [5.74, 6) is 0. The molecule has 0 atom stereocenters. The van der Waals surface area contributed by atoms with Crippen molar-refractivity contribution in [3.05, 3.63) is 65.7 Å². The van der Waals surface area contributed by atoms with Crippen LogP contribution in [0.2, 0.25) is 0 Å². The van der Waals surface area contributed by atoms with Crippen molar-refractivity contribution in [1.29, 1.82) is 0 Å². The van der Waals surface area contributed by atoms with E-state index in [2.05, 4.69) is 39.8 Å². The fourth-order valence-corrected chi connectivity index (χ4v) is 2.12. The molecule has 2 N–H and O–H groups in total. The first-order chi connectivity index (χ1) is 10.6. The number of nitrogens with zero attached hydrogens (tertiary/aromatic N) is 1. The summed E-state index contributed by atoms with van der Waals surface area (Å²) in [4.78, 5) is 13.8. The molecule has 2 rings (SSSR count). The molecule has 4 heteroatoms. The van der Waals surface area contributed by atoms with Crippen LogP contribution < -0.4 is 15.5 Å². The molecule has 0 aliphatic heterocycles. The second-order valence-electron chi connectivity index (χ2n) is 5.41. The molecule has 0 saturated heterocycles. The molecule has 0 spiro atoms. The number of carbonyl (C=O) groups is 1. The first kappa shape index (κ1) is 15.9. The van der Waals surface area contributed by atoms with Gasteiger partial charge in [-0.05, 0) is 29.7 Å². The molecule has 2 aromatic rings. The topological polar surface area (TPSA) is 44.4 Å². The van der Waals surface area contributed by atoms with Crippen LogP contribution in [-0.2, 0) is 13.0 Å². The lowest BCUT2D eigenvalue weighted by Gasteiger charge is -2.13. The van der Waals surface area contributed by atoms with E-state index in [1.807, 2.05) is 44.4 Å². The van der Waals surface area contributed by atoms with Crippen molar-refractivity contribution in [2.45, 2.75) is 13.0 Å². The fraction of sp³-hybridized carbons (Fsp3) is 0.278. The van der Waals surface area contributed by atoms with Crippen molar-refractivity contribution in [2.24, 2.45) is 0 Å². The third-order valence-corrected chi connectivity index (χ3v) is 3.45. The Balaban J connectivity index is 1.68. The van der Waals surface area contributed by atoms with E-state index in [9.17, 15) is 4.79 Å². The van der Waals surface area contributed by atoms with E-state index in [4.69, 9.17) is 0 Å². The minimum atomic E-state index is -0.131. The van der Waals surface area contributed by atoms with Crippen LogP contribution >= 0.6 is 0 Å². The maximum atomic E-state index is 11.7. The normalized spacial score (nSPS) is 10.1. The maximum Gasteiger partial charge on any atom is 0.315 e. The van der Waals surface area contributed by atoms with Gasteiger partial charge in [0.15, 0.2) is 0 Å². The number of rotatable bonds is 6. The summed E-state index contributed by atoms with van der Waals surface area (Å²) in [7, 11) is 4.04. The van der Waals surface area contributed by atoms with Crippen LogP contribution in [-0.4, -0.2) is 26.7 Å². The largest absolute Gasteiger partial charge is 0.378 e. The number of hydrogen-bond donors (Lipinski definition) is 2. The van der Waals surface area contributed by atoms with E-state index in [0.717, 1.165) is 12.0 Å². The van der Waals surface area contributed by atoms with Gasteiger partial charge in [-0.3, -0.25) is 0 Å². The SMILES string of the molecule is CN(C)c1ccc(CCNC(=O)NCc2ccccc2)cc1. The van der Waals surface area contributed by atoms with Crippen LogP contribution in [0.3, 0.4) is 0 Å². The zero-order valence-corrected chi connectivity index (χ0v) is 13.2. The van der Waals surface area contributed by atoms with Crippen molar-refractivity contribution < 1.29 is 4.79 Å². The van der Waals surface area contributed by atoms with Gasteiger partial charge in [0.05, 0.1) is 0 Å². The molecule has 0 aliphatic carbocycles. The number of hydrogen-bond acceptors (Lipinski definition) is 2. The van der Waals surface area contributed by atoms with Crippen molar-refractivity contribution in [2.75, 3.05) is 25.5 Å². The van der Waals surface area contributed by atoms with E-state index in [-0.39, 0.29) is 6.03 Å². The number of urea groups is 1. The summed E-state index contributed by atoms with van der Waals surface area (Å²) < 4.78 is 0. The van der Waals surface area contributed by atoms with Gasteiger partial charge in [0.25, 0.3) is 0 Å². The molecular formula is C18H23N3O. The fourth-order valence-electron chi connectivity index (χ4n) is 2.12. The number of anilines is 1. The monoisotopic (exact) mass is 297 g/mol. The van der Waals surface area contributed by atoms with Crippen LogP contribution in [0.15, 0.2) is 54.6 Å². The van der Waals surface area contributed by atoms with Gasteiger partial charge in [0.1, 0.15) is 0 Å². The Morgan fingerprint density at radius 1 is 0.909 bits per heavy atom. The number of carbonyl (C=O) groups excluding carboxylic acids is 1. The van der Waals surface area contributed by atoms with Crippen molar-refractivity contribution >= 4 is 11.7 Å². The average Bonchev–Trinajstić information content (AvgIpc) is 2.54. The van der Waals surface area contributed by atoms with Crippen LogP contribution in [0.1, 0.15) is 11.1 Å². The summed E-state index contributed by atoms with van der Waals surface area (Å²) in [6.45, 7) is 1.17. The van der Waals surface area contributed by atoms with Gasteiger partial charge in [0, 0.05) is 32.9 Å². The summed E-state index contributed by atoms with van der Waals surface area (Å²) >= 11 is 0. The number of amides is 2. The summed E-state index contributed by atoms with van der Waals surface area (Å²) in [6, 6.07) is 18.1. The molecule has 116 valence electrons. The molecule has 0 aromatic heterocycles. The van der Waals surface area contributed by atoms with Gasteiger partial charge in [0.2, 0.25) is 0 Å². The zero-order chi connectivity index (χ0) is 15.8. The molecule has 22 heavy (non-hydrogen) atoms. The highest BCUT2D eigenvalue weighted by atomic mass is 16.2. The van der Waals surface area contributed by atoms with E-state index in [1.165, 1.54) is 11.3 Å². The highest BCUT2D eigenvalue weighted by Crippen LogP contribution is 2.12. The lowest BCUT2D eigenvalue weighted by atomic mass is 10.1. The van der Waals surface area contributed by atoms with Crippen molar-refractivity contribution in [1.82, 2.24) is 10.6 Å². The lowest BCUT2D eigenvalue weighted by molar-refractivity contribution is 0.240. The van der Waals surface area contributed by atoms with E-state index in [0.29, 0.717) is 13.1 Å². The minimum absolute atomic E-state index is 0.131. The summed E-state index contributed by atoms with van der Waals surface area (Å²) in [5, 5.41) is 5.73. The second kappa shape index (κ2) is 8.08. The molecule has 4 nitrogen and oxygen atoms in total. The predicted molar refractivity (Wildman–Crippen MR) is 91.2 cm³/mol. The molecule has 0 heterocycles. The molecule has 0 radical (unpaired) electrons. The van der Waals surface area contributed by atoms with Crippen LogP contribution in [0, 0.1) is 0 Å². The second-order valence-corrected chi connectivity index (χ2v) is 5.41. The Hall–Kier alpha value is -2.49. The summed E-state index contributed by atoms with van der Waals surface area (Å²) in [5.41, 5.74) is 3.49. The van der Waals surface area contributed by atoms with Gasteiger partial charge in [-0.2, -0.15) is 0 Å². The van der Waals surface area contributed by atoms with Gasteiger partial charge < -0.3 is 15.5 Å². The molecule has 0 fully saturated rings. The van der Waals surface area contributed by atoms with Gasteiger partial charge >= 0.3 is 6.03 Å². The minimum Gasteiger partial charge on any atom is -0.378 e. The third kappa shape index (κ3) is 5.13. The standard InChI is InChI=1S/C18H23N3O/c1-21(2)17-10-8-15(9-11-17)12-13-19-18(22)20-14-16-6-4-3-5-7-16/h3-11H,12-14H2,1-2H3,(H2,19,20,22). The van der Waals surface area contributed by atoms with Crippen LogP contribution in [0.5, 0.6) is 0 Å². The van der Waals surface area contributed by atoms with Gasteiger partial charge in [-0.1, -0.05) is 42.5 Å². The Morgan fingerprint density at radius 2 is 1.59 bits per heavy atom. The highest BCUT2D eigenvalue weighted by Gasteiger charge is 2.01. The molecular weight excluding hydrogens is 274 g/mol. The van der Waals surface area contributed by atoms with Crippen molar-refractivity contribution in [3.63, 3.8) is 0 Å². The summed E-state index contributed by atoms with van der Waals surface area (Å²) in [6.07, 6.45) is 0.826. The predicted octanol–water partition coefficient (Wildman–Crippen LogP) is 2.79. The molecule has 0 aliphatic rings. The molecule has 2 amide bonds. The van der Waals surface area contributed by atoms with E-state index >= 15 is 0 Å². The smallest absolute Gasteiger partial charge is 0.315 e. The molecule has 0 unspecified atom stereocenters. The van der Waals surface area contributed by atoms with E-state index in [1.54, 1.807) is 0 Å². The number of benzene rings is 2. The number of nitrogens with one attached hydrogen (secondary N) is 2. The van der Waals surface area contributed by atoms with Gasteiger partial charge in [-0.15, -0.1) is 0 Å². The van der Waals surface area contributed by atoms with Crippen LogP contribution in [0.4, 0.5) is 10.5 Å². The van der Waals surface area contributed by atoms with Crippen LogP contribution in [0.25, 0.3) is 0 Å². The Morgan fingerprint density at radius 3 is 2.23 bits per heavy atom. The zero-order valence-electron chi connectivity index (χ0n) is 13.2. The first-order valence-corrected chi connectivity index (χ1v) is 7.47. The average molecular weight is 297 g/mol. The first-order valence-electron chi connectivity index (χ1n) is 7.47. The molecule has 0 bridgehead atoms. The lowest BCUT2D eigenvalue weighted by Crippen LogP contribution is -2.36. The Bertz CT molecular complexity index is 579. The third-order valence-electron chi connectivity index (χ3n) is 3.45. The Kier molecular flexibility index (Phi) is 5.83. The molecule has 0 saturated carbocycles.